The Balaban J connectivity index is 3.38. The summed E-state index contributed by atoms with van der Waals surface area (Å²) in [6.45, 7) is 6.21. The largest absolute Gasteiger partial charge is 0.459 e. The van der Waals surface area contributed by atoms with Crippen LogP contribution in [0.15, 0.2) is 12.7 Å². The zero-order valence-electron chi connectivity index (χ0n) is 10.7. The molecule has 0 rings (SSSR count). The van der Waals surface area contributed by atoms with Gasteiger partial charge in [-0.15, -0.1) is 6.58 Å². The molecule has 0 aromatic rings. The fourth-order valence-electron chi connectivity index (χ4n) is 1.35. The zero-order chi connectivity index (χ0) is 12.9. The molecule has 0 aliphatic rings. The number of nitrogens with one attached hydrogen (secondary N) is 1. The van der Waals surface area contributed by atoms with E-state index in [1.807, 2.05) is 0 Å². The van der Waals surface area contributed by atoms with E-state index in [4.69, 9.17) is 4.74 Å². The fourth-order valence-corrected chi connectivity index (χ4v) is 1.35. The molecule has 4 heteroatoms. The molecule has 0 aliphatic carbocycles. The van der Waals surface area contributed by atoms with Crippen LogP contribution in [0, 0.1) is 0 Å². The second-order valence-electron chi connectivity index (χ2n) is 3.90. The van der Waals surface area contributed by atoms with Gasteiger partial charge in [0.25, 0.3) is 0 Å². The Morgan fingerprint density at radius 3 is 2.47 bits per heavy atom. The molecule has 0 bridgehead atoms. The maximum atomic E-state index is 11.1. The first-order valence-electron chi connectivity index (χ1n) is 6.28. The molecule has 0 saturated heterocycles. The molecule has 0 aromatic carbocycles. The van der Waals surface area contributed by atoms with Crippen LogP contribution in [0.3, 0.4) is 0 Å². The third-order valence-electron chi connectivity index (χ3n) is 2.32. The summed E-state index contributed by atoms with van der Waals surface area (Å²) in [6.07, 6.45) is 8.24. The topological polar surface area (TPSA) is 55.4 Å². The van der Waals surface area contributed by atoms with Crippen molar-refractivity contribution in [2.45, 2.75) is 45.4 Å². The van der Waals surface area contributed by atoms with Gasteiger partial charge in [0.1, 0.15) is 0 Å². The van der Waals surface area contributed by atoms with Gasteiger partial charge in [-0.2, -0.15) is 0 Å². The predicted octanol–water partition coefficient (Wildman–Crippen LogP) is 2.19. The molecular weight excluding hydrogens is 218 g/mol. The van der Waals surface area contributed by atoms with Gasteiger partial charge in [0.05, 0.1) is 6.61 Å². The zero-order valence-corrected chi connectivity index (χ0v) is 10.7. The van der Waals surface area contributed by atoms with E-state index in [0.717, 1.165) is 19.3 Å². The summed E-state index contributed by atoms with van der Waals surface area (Å²) in [7, 11) is 0. The monoisotopic (exact) mass is 241 g/mol. The molecule has 0 aliphatic heterocycles. The van der Waals surface area contributed by atoms with E-state index in [1.165, 1.54) is 25.3 Å². The van der Waals surface area contributed by atoms with Crippen molar-refractivity contribution in [2.75, 3.05) is 13.2 Å². The van der Waals surface area contributed by atoms with E-state index in [9.17, 15) is 9.59 Å². The number of rotatable bonds is 9. The van der Waals surface area contributed by atoms with Gasteiger partial charge in [-0.1, -0.05) is 45.1 Å². The lowest BCUT2D eigenvalue weighted by molar-refractivity contribution is -0.154. The second kappa shape index (κ2) is 11.2. The molecule has 98 valence electrons. The van der Waals surface area contributed by atoms with E-state index in [-0.39, 0.29) is 6.54 Å². The van der Waals surface area contributed by atoms with Gasteiger partial charge in [0, 0.05) is 6.54 Å². The van der Waals surface area contributed by atoms with Crippen LogP contribution in [0.5, 0.6) is 0 Å². The van der Waals surface area contributed by atoms with Crippen LogP contribution in [0.1, 0.15) is 45.4 Å². The Bertz CT molecular complexity index is 239. The minimum Gasteiger partial charge on any atom is -0.459 e. The first-order chi connectivity index (χ1) is 8.22. The van der Waals surface area contributed by atoms with Crippen LogP contribution in [0.4, 0.5) is 0 Å². The van der Waals surface area contributed by atoms with Crippen molar-refractivity contribution in [3.8, 4) is 0 Å². The summed E-state index contributed by atoms with van der Waals surface area (Å²) in [5.41, 5.74) is 0. The van der Waals surface area contributed by atoms with Crippen molar-refractivity contribution >= 4 is 11.9 Å². The number of hydrogen-bond donors (Lipinski definition) is 1. The van der Waals surface area contributed by atoms with Gasteiger partial charge in [-0.3, -0.25) is 4.79 Å². The summed E-state index contributed by atoms with van der Waals surface area (Å²) in [5, 5.41) is 2.37. The number of carbonyl (C=O) groups excluding carboxylic acids is 2. The molecule has 0 heterocycles. The molecule has 0 atom stereocenters. The molecule has 0 saturated carbocycles. The van der Waals surface area contributed by atoms with Gasteiger partial charge in [-0.05, 0) is 6.42 Å². The third kappa shape index (κ3) is 9.60. The van der Waals surface area contributed by atoms with E-state index in [2.05, 4.69) is 18.8 Å². The minimum atomic E-state index is -0.805. The highest BCUT2D eigenvalue weighted by molar-refractivity contribution is 6.32. The first kappa shape index (κ1) is 15.7. The van der Waals surface area contributed by atoms with Crippen LogP contribution >= 0.6 is 0 Å². The summed E-state index contributed by atoms with van der Waals surface area (Å²) >= 11 is 0. The average Bonchev–Trinajstić information content (AvgIpc) is 2.34. The molecule has 0 aromatic heterocycles. The van der Waals surface area contributed by atoms with Crippen molar-refractivity contribution in [1.82, 2.24) is 5.32 Å². The first-order valence-corrected chi connectivity index (χ1v) is 6.28. The lowest BCUT2D eigenvalue weighted by atomic mass is 10.1. The van der Waals surface area contributed by atoms with Gasteiger partial charge >= 0.3 is 11.9 Å². The summed E-state index contributed by atoms with van der Waals surface area (Å²) < 4.78 is 4.82. The van der Waals surface area contributed by atoms with E-state index < -0.39 is 11.9 Å². The van der Waals surface area contributed by atoms with Gasteiger partial charge < -0.3 is 10.1 Å². The van der Waals surface area contributed by atoms with E-state index in [1.54, 1.807) is 0 Å². The molecule has 17 heavy (non-hydrogen) atoms. The third-order valence-corrected chi connectivity index (χ3v) is 2.32. The lowest BCUT2D eigenvalue weighted by Gasteiger charge is -2.04. The molecule has 0 spiro atoms. The maximum absolute atomic E-state index is 11.1. The molecule has 4 nitrogen and oxygen atoms in total. The van der Waals surface area contributed by atoms with Crippen molar-refractivity contribution < 1.29 is 14.3 Å². The minimum absolute atomic E-state index is 0.283. The number of esters is 1. The standard InChI is InChI=1S/C13H23NO3/c1-3-5-6-7-8-9-11-17-13(16)12(15)14-10-4-2/h4H,2-3,5-11H2,1H3,(H,14,15). The number of ether oxygens (including phenoxy) is 1. The van der Waals surface area contributed by atoms with Crippen molar-refractivity contribution in [3.63, 3.8) is 0 Å². The summed E-state index contributed by atoms with van der Waals surface area (Å²) in [4.78, 5) is 22.2. The average molecular weight is 241 g/mol. The van der Waals surface area contributed by atoms with Crippen molar-refractivity contribution in [3.05, 3.63) is 12.7 Å². The highest BCUT2D eigenvalue weighted by Gasteiger charge is 2.13. The molecule has 0 unspecified atom stereocenters. The number of amides is 1. The van der Waals surface area contributed by atoms with Gasteiger partial charge in [-0.25, -0.2) is 4.79 Å². The molecular formula is C13H23NO3. The molecule has 0 fully saturated rings. The van der Waals surface area contributed by atoms with E-state index >= 15 is 0 Å². The summed E-state index contributed by atoms with van der Waals surface area (Å²) in [6, 6.07) is 0. The highest BCUT2D eigenvalue weighted by atomic mass is 16.5. The van der Waals surface area contributed by atoms with Crippen LogP contribution in [-0.2, 0) is 14.3 Å². The number of carbonyl (C=O) groups is 2. The maximum Gasteiger partial charge on any atom is 0.396 e. The SMILES string of the molecule is C=CCNC(=O)C(=O)OCCCCCCCC. The molecule has 1 amide bonds. The Kier molecular flexibility index (Phi) is 10.3. The lowest BCUT2D eigenvalue weighted by Crippen LogP contribution is -2.32. The fraction of sp³-hybridized carbons (Fsp3) is 0.692. The van der Waals surface area contributed by atoms with E-state index in [0.29, 0.717) is 6.61 Å². The molecule has 1 N–H and O–H groups in total. The quantitative estimate of drug-likeness (QED) is 0.291. The number of unbranched alkanes of at least 4 members (excludes halogenated alkanes) is 5. The second-order valence-corrected chi connectivity index (χ2v) is 3.90. The summed E-state index contributed by atoms with van der Waals surface area (Å²) in [5.74, 6) is -1.50. The van der Waals surface area contributed by atoms with Crippen molar-refractivity contribution in [2.24, 2.45) is 0 Å². The van der Waals surface area contributed by atoms with Crippen molar-refractivity contribution in [1.29, 1.82) is 0 Å². The van der Waals surface area contributed by atoms with Crippen LogP contribution in [0.25, 0.3) is 0 Å². The molecule has 0 radical (unpaired) electrons. The predicted molar refractivity (Wildman–Crippen MR) is 67.5 cm³/mol. The Hall–Kier alpha value is -1.32. The van der Waals surface area contributed by atoms with Crippen LogP contribution in [-0.4, -0.2) is 25.0 Å². The Morgan fingerprint density at radius 2 is 1.82 bits per heavy atom. The Labute approximate surface area is 103 Å². The normalized spacial score (nSPS) is 9.71. The number of hydrogen-bond acceptors (Lipinski definition) is 3. The van der Waals surface area contributed by atoms with Crippen LogP contribution < -0.4 is 5.32 Å². The smallest absolute Gasteiger partial charge is 0.396 e. The van der Waals surface area contributed by atoms with Gasteiger partial charge in [0.15, 0.2) is 0 Å². The highest BCUT2D eigenvalue weighted by Crippen LogP contribution is 2.04. The van der Waals surface area contributed by atoms with Crippen LogP contribution in [0.2, 0.25) is 0 Å². The van der Waals surface area contributed by atoms with Gasteiger partial charge in [0.2, 0.25) is 0 Å². The Morgan fingerprint density at radius 1 is 1.18 bits per heavy atom.